The summed E-state index contributed by atoms with van der Waals surface area (Å²) in [7, 11) is 4.46. The highest BCUT2D eigenvalue weighted by Crippen LogP contribution is 2.06. The fourth-order valence-corrected chi connectivity index (χ4v) is 2.23. The van der Waals surface area contributed by atoms with E-state index in [4.69, 9.17) is 0 Å². The van der Waals surface area contributed by atoms with E-state index in [0.29, 0.717) is 0 Å². The molecule has 0 rings (SSSR count). The van der Waals surface area contributed by atoms with Crippen molar-refractivity contribution in [2.75, 3.05) is 27.2 Å². The van der Waals surface area contributed by atoms with E-state index in [0.717, 1.165) is 0 Å². The van der Waals surface area contributed by atoms with E-state index in [1.165, 1.54) is 77.3 Å². The van der Waals surface area contributed by atoms with Crippen LogP contribution in [0.2, 0.25) is 0 Å². The Morgan fingerprint density at radius 3 is 1.17 bits per heavy atom. The molecule has 18 heavy (non-hydrogen) atoms. The Balaban J connectivity index is 3.36. The largest absolute Gasteiger partial charge is 0.245 e. The second-order valence-electron chi connectivity index (χ2n) is 5.59. The summed E-state index contributed by atoms with van der Waals surface area (Å²) in [6.45, 7) is 6.99. The lowest BCUT2D eigenvalue weighted by atomic mass is 10.1. The first-order chi connectivity index (χ1) is 8.72. The number of unbranched alkanes of at least 4 members (excludes halogenated alkanes) is 8. The Kier molecular flexibility index (Phi) is 13.3. The zero-order chi connectivity index (χ0) is 13.6. The summed E-state index contributed by atoms with van der Waals surface area (Å²) < 4.78 is 0. The van der Waals surface area contributed by atoms with Crippen LogP contribution in [0.15, 0.2) is 0 Å². The van der Waals surface area contributed by atoms with Gasteiger partial charge < -0.3 is 0 Å². The minimum absolute atomic E-state index is 1.22. The number of hydrazine groups is 1. The van der Waals surface area contributed by atoms with Gasteiger partial charge in [0.15, 0.2) is 0 Å². The first-order valence-corrected chi connectivity index (χ1v) is 8.14. The van der Waals surface area contributed by atoms with E-state index >= 15 is 0 Å². The van der Waals surface area contributed by atoms with Gasteiger partial charge in [0.25, 0.3) is 0 Å². The van der Waals surface area contributed by atoms with Gasteiger partial charge in [-0.25, -0.2) is 10.0 Å². The molecule has 0 aliphatic rings. The van der Waals surface area contributed by atoms with Crippen LogP contribution in [0.25, 0.3) is 0 Å². The van der Waals surface area contributed by atoms with Gasteiger partial charge in [-0.3, -0.25) is 0 Å². The van der Waals surface area contributed by atoms with Crippen LogP contribution in [-0.4, -0.2) is 37.2 Å². The molecule has 0 aliphatic heterocycles. The molecule has 0 aromatic carbocycles. The lowest BCUT2D eigenvalue weighted by Crippen LogP contribution is -2.37. The molecule has 0 bridgehead atoms. The maximum absolute atomic E-state index is 2.39. The first-order valence-electron chi connectivity index (χ1n) is 8.14. The van der Waals surface area contributed by atoms with E-state index in [-0.39, 0.29) is 0 Å². The second kappa shape index (κ2) is 13.4. The van der Waals surface area contributed by atoms with Crippen molar-refractivity contribution in [1.29, 1.82) is 0 Å². The van der Waals surface area contributed by atoms with Crippen molar-refractivity contribution >= 4 is 0 Å². The van der Waals surface area contributed by atoms with Gasteiger partial charge in [-0.2, -0.15) is 0 Å². The van der Waals surface area contributed by atoms with Crippen molar-refractivity contribution in [1.82, 2.24) is 10.0 Å². The number of hydrogen-bond acceptors (Lipinski definition) is 2. The maximum atomic E-state index is 2.39. The van der Waals surface area contributed by atoms with E-state index in [1.54, 1.807) is 0 Å². The quantitative estimate of drug-likeness (QED) is 0.348. The highest BCUT2D eigenvalue weighted by molar-refractivity contribution is 4.52. The zero-order valence-electron chi connectivity index (χ0n) is 13.4. The van der Waals surface area contributed by atoms with Crippen LogP contribution in [0.4, 0.5) is 0 Å². The molecule has 0 heterocycles. The third-order valence-electron chi connectivity index (χ3n) is 3.75. The van der Waals surface area contributed by atoms with Crippen molar-refractivity contribution in [2.24, 2.45) is 0 Å². The fourth-order valence-electron chi connectivity index (χ4n) is 2.23. The summed E-state index contributed by atoms with van der Waals surface area (Å²) in [5.74, 6) is 0. The SMILES string of the molecule is CCCCCCCN(C)N(C)CCCCCCC. The Hall–Kier alpha value is -0.0800. The molecule has 0 atom stereocenters. The predicted molar refractivity (Wildman–Crippen MR) is 82.8 cm³/mol. The van der Waals surface area contributed by atoms with Gasteiger partial charge in [0, 0.05) is 27.2 Å². The minimum atomic E-state index is 1.22. The molecule has 0 aromatic rings. The molecular weight excluding hydrogens is 220 g/mol. The fraction of sp³-hybridized carbons (Fsp3) is 1.00. The average Bonchev–Trinajstić information content (AvgIpc) is 2.37. The van der Waals surface area contributed by atoms with Crippen molar-refractivity contribution < 1.29 is 0 Å². The molecule has 0 fully saturated rings. The predicted octanol–water partition coefficient (Wildman–Crippen LogP) is 4.71. The molecule has 0 radical (unpaired) electrons. The van der Waals surface area contributed by atoms with Gasteiger partial charge >= 0.3 is 0 Å². The summed E-state index contributed by atoms with van der Waals surface area (Å²) in [4.78, 5) is 0. The number of rotatable bonds is 13. The molecule has 0 saturated carbocycles. The van der Waals surface area contributed by atoms with E-state index in [9.17, 15) is 0 Å². The summed E-state index contributed by atoms with van der Waals surface area (Å²) in [6, 6.07) is 0. The normalized spacial score (nSPS) is 11.7. The average molecular weight is 256 g/mol. The van der Waals surface area contributed by atoms with Crippen LogP contribution in [0.3, 0.4) is 0 Å². The van der Waals surface area contributed by atoms with Crippen molar-refractivity contribution in [3.8, 4) is 0 Å². The van der Waals surface area contributed by atoms with Gasteiger partial charge in [0.1, 0.15) is 0 Å². The first kappa shape index (κ1) is 17.9. The van der Waals surface area contributed by atoms with Crippen LogP contribution in [0.5, 0.6) is 0 Å². The van der Waals surface area contributed by atoms with Gasteiger partial charge in [0.2, 0.25) is 0 Å². The Morgan fingerprint density at radius 2 is 0.833 bits per heavy atom. The summed E-state index contributed by atoms with van der Waals surface area (Å²) in [5.41, 5.74) is 0. The van der Waals surface area contributed by atoms with Gasteiger partial charge in [0.05, 0.1) is 0 Å². The molecular formula is C16H36N2. The molecule has 0 amide bonds. The Morgan fingerprint density at radius 1 is 0.500 bits per heavy atom. The molecule has 0 aromatic heterocycles. The third-order valence-corrected chi connectivity index (χ3v) is 3.75. The van der Waals surface area contributed by atoms with Gasteiger partial charge in [-0.05, 0) is 12.8 Å². The van der Waals surface area contributed by atoms with E-state index in [1.807, 2.05) is 0 Å². The van der Waals surface area contributed by atoms with Gasteiger partial charge in [-0.1, -0.05) is 65.2 Å². The van der Waals surface area contributed by atoms with Crippen LogP contribution in [0, 0.1) is 0 Å². The number of nitrogens with zero attached hydrogens (tertiary/aromatic N) is 2. The molecule has 2 nitrogen and oxygen atoms in total. The number of hydrogen-bond donors (Lipinski definition) is 0. The Labute approximate surface area is 116 Å². The molecule has 2 heteroatoms. The van der Waals surface area contributed by atoms with Gasteiger partial charge in [-0.15, -0.1) is 0 Å². The Bertz CT molecular complexity index is 141. The molecule has 0 aliphatic carbocycles. The highest BCUT2D eigenvalue weighted by Gasteiger charge is 2.04. The minimum Gasteiger partial charge on any atom is -0.245 e. The van der Waals surface area contributed by atoms with E-state index < -0.39 is 0 Å². The van der Waals surface area contributed by atoms with Crippen molar-refractivity contribution in [3.05, 3.63) is 0 Å². The second-order valence-corrected chi connectivity index (χ2v) is 5.59. The van der Waals surface area contributed by atoms with Crippen LogP contribution in [-0.2, 0) is 0 Å². The van der Waals surface area contributed by atoms with Crippen LogP contribution < -0.4 is 0 Å². The lowest BCUT2D eigenvalue weighted by molar-refractivity contribution is 0.0240. The highest BCUT2D eigenvalue weighted by atomic mass is 15.6. The summed E-state index contributed by atoms with van der Waals surface area (Å²) in [5, 5.41) is 4.79. The zero-order valence-corrected chi connectivity index (χ0v) is 13.4. The smallest absolute Gasteiger partial charge is 0.0130 e. The molecule has 110 valence electrons. The monoisotopic (exact) mass is 256 g/mol. The van der Waals surface area contributed by atoms with Crippen LogP contribution >= 0.6 is 0 Å². The third kappa shape index (κ3) is 11.0. The molecule has 0 saturated heterocycles. The lowest BCUT2D eigenvalue weighted by Gasteiger charge is -2.28. The van der Waals surface area contributed by atoms with E-state index in [2.05, 4.69) is 38.0 Å². The topological polar surface area (TPSA) is 6.48 Å². The maximum Gasteiger partial charge on any atom is 0.0130 e. The standard InChI is InChI=1S/C16H36N2/c1-5-7-9-11-13-15-17(3)18(4)16-14-12-10-8-6-2/h5-16H2,1-4H3. The summed E-state index contributed by atoms with van der Waals surface area (Å²) in [6.07, 6.45) is 13.8. The molecule has 0 spiro atoms. The molecule has 0 N–H and O–H groups in total. The van der Waals surface area contributed by atoms with Crippen molar-refractivity contribution in [2.45, 2.75) is 78.1 Å². The van der Waals surface area contributed by atoms with Crippen molar-refractivity contribution in [3.63, 3.8) is 0 Å². The summed E-state index contributed by atoms with van der Waals surface area (Å²) >= 11 is 0. The molecule has 0 unspecified atom stereocenters. The van der Waals surface area contributed by atoms with Crippen LogP contribution in [0.1, 0.15) is 78.1 Å².